The predicted octanol–water partition coefficient (Wildman–Crippen LogP) is 3.35. The smallest absolute Gasteiger partial charge is 0.0205 e. The van der Waals surface area contributed by atoms with Crippen molar-refractivity contribution >= 4 is 0 Å². The summed E-state index contributed by atoms with van der Waals surface area (Å²) < 4.78 is 0. The van der Waals surface area contributed by atoms with Crippen LogP contribution in [-0.2, 0) is 5.41 Å². The Kier molecular flexibility index (Phi) is 2.51. The highest BCUT2D eigenvalue weighted by atomic mass is 15.0. The molecule has 96 valence electrons. The molecule has 2 saturated carbocycles. The Morgan fingerprint density at radius 3 is 2.44 bits per heavy atom. The maximum Gasteiger partial charge on any atom is 0.0205 e. The van der Waals surface area contributed by atoms with Gasteiger partial charge in [-0.15, -0.1) is 0 Å². The molecule has 1 aliphatic heterocycles. The summed E-state index contributed by atoms with van der Waals surface area (Å²) in [5.74, 6) is 3.17. The Balaban J connectivity index is 1.55. The lowest BCUT2D eigenvalue weighted by Gasteiger charge is -2.46. The molecular weight excluding hydrogens is 218 g/mol. The molecule has 0 spiro atoms. The number of benzene rings is 1. The van der Waals surface area contributed by atoms with Crippen LogP contribution < -0.4 is 5.32 Å². The molecule has 1 aromatic rings. The van der Waals surface area contributed by atoms with Crippen molar-refractivity contribution in [3.63, 3.8) is 0 Å². The highest BCUT2D eigenvalue weighted by Gasteiger charge is 2.46. The third-order valence-electron chi connectivity index (χ3n) is 5.85. The second kappa shape index (κ2) is 4.09. The fraction of sp³-hybridized carbons (Fsp3) is 0.647. The zero-order valence-electron chi connectivity index (χ0n) is 11.1. The van der Waals surface area contributed by atoms with Crippen molar-refractivity contribution in [2.45, 2.75) is 37.5 Å². The number of nitrogens with one attached hydrogen (secondary N) is 1. The second-order valence-electron chi connectivity index (χ2n) is 6.89. The van der Waals surface area contributed by atoms with Crippen LogP contribution >= 0.6 is 0 Å². The number of fused-ring (bicyclic) bond motifs is 2. The van der Waals surface area contributed by atoms with Gasteiger partial charge >= 0.3 is 0 Å². The summed E-state index contributed by atoms with van der Waals surface area (Å²) in [4.78, 5) is 0. The van der Waals surface area contributed by atoms with Gasteiger partial charge in [0.2, 0.25) is 0 Å². The average Bonchev–Trinajstić information content (AvgIpc) is 2.97. The first-order chi connectivity index (χ1) is 8.86. The van der Waals surface area contributed by atoms with E-state index in [9.17, 15) is 0 Å². The zero-order valence-corrected chi connectivity index (χ0v) is 11.1. The van der Waals surface area contributed by atoms with E-state index in [0.717, 1.165) is 17.8 Å². The van der Waals surface area contributed by atoms with Gasteiger partial charge in [0.25, 0.3) is 0 Å². The van der Waals surface area contributed by atoms with Gasteiger partial charge in [-0.1, -0.05) is 36.8 Å². The van der Waals surface area contributed by atoms with Crippen molar-refractivity contribution in [2.75, 3.05) is 13.1 Å². The molecule has 1 saturated heterocycles. The molecule has 18 heavy (non-hydrogen) atoms. The first-order valence-electron chi connectivity index (χ1n) is 7.62. The summed E-state index contributed by atoms with van der Waals surface area (Å²) in [5, 5.41) is 3.52. The molecule has 1 N–H and O–H groups in total. The van der Waals surface area contributed by atoms with Crippen molar-refractivity contribution in [1.82, 2.24) is 5.32 Å². The summed E-state index contributed by atoms with van der Waals surface area (Å²) >= 11 is 0. The molecule has 3 fully saturated rings. The topological polar surface area (TPSA) is 12.0 Å². The maximum atomic E-state index is 3.52. The van der Waals surface area contributed by atoms with E-state index in [2.05, 4.69) is 35.6 Å². The third-order valence-corrected chi connectivity index (χ3v) is 5.85. The summed E-state index contributed by atoms with van der Waals surface area (Å²) in [6, 6.07) is 11.2. The normalized spacial score (nSPS) is 36.6. The van der Waals surface area contributed by atoms with Crippen molar-refractivity contribution < 1.29 is 0 Å². The van der Waals surface area contributed by atoms with Gasteiger partial charge in [0.05, 0.1) is 0 Å². The van der Waals surface area contributed by atoms with E-state index in [0.29, 0.717) is 5.41 Å². The first-order valence-corrected chi connectivity index (χ1v) is 7.62. The standard InChI is InChI=1S/C17H23N/c1-2-4-16(5-3-1)17(11-18-12-17)10-15-9-13-6-7-14(15)8-13/h1-5,13-15,18H,6-12H2. The molecule has 2 bridgehead atoms. The number of rotatable bonds is 3. The molecule has 1 aromatic carbocycles. The largest absolute Gasteiger partial charge is 0.315 e. The highest BCUT2D eigenvalue weighted by Crippen LogP contribution is 2.52. The van der Waals surface area contributed by atoms with Gasteiger partial charge in [0.15, 0.2) is 0 Å². The molecule has 1 heterocycles. The molecule has 1 heteroatoms. The van der Waals surface area contributed by atoms with Crippen molar-refractivity contribution in [2.24, 2.45) is 17.8 Å². The van der Waals surface area contributed by atoms with E-state index in [1.54, 1.807) is 12.0 Å². The Bertz CT molecular complexity index is 420. The lowest BCUT2D eigenvalue weighted by Crippen LogP contribution is -2.57. The summed E-state index contributed by atoms with van der Waals surface area (Å²) in [6.07, 6.45) is 7.55. The Morgan fingerprint density at radius 2 is 1.89 bits per heavy atom. The summed E-state index contributed by atoms with van der Waals surface area (Å²) in [6.45, 7) is 2.40. The quantitative estimate of drug-likeness (QED) is 0.855. The number of hydrogen-bond acceptors (Lipinski definition) is 1. The van der Waals surface area contributed by atoms with Gasteiger partial charge in [-0.25, -0.2) is 0 Å². The fourth-order valence-electron chi connectivity index (χ4n) is 4.81. The lowest BCUT2D eigenvalue weighted by atomic mass is 9.67. The Morgan fingerprint density at radius 1 is 1.06 bits per heavy atom. The van der Waals surface area contributed by atoms with Gasteiger partial charge < -0.3 is 5.32 Å². The minimum atomic E-state index is 0.469. The molecule has 4 rings (SSSR count). The first kappa shape index (κ1) is 11.0. The highest BCUT2D eigenvalue weighted by molar-refractivity contribution is 5.30. The van der Waals surface area contributed by atoms with Crippen LogP contribution in [0.3, 0.4) is 0 Å². The zero-order chi connectivity index (χ0) is 12.0. The summed E-state index contributed by atoms with van der Waals surface area (Å²) in [7, 11) is 0. The molecule has 0 radical (unpaired) electrons. The molecule has 0 aromatic heterocycles. The Labute approximate surface area is 110 Å². The van der Waals surface area contributed by atoms with Crippen molar-refractivity contribution in [3.8, 4) is 0 Å². The van der Waals surface area contributed by atoms with Crippen LogP contribution in [0.4, 0.5) is 0 Å². The van der Waals surface area contributed by atoms with Crippen LogP contribution in [0.25, 0.3) is 0 Å². The van der Waals surface area contributed by atoms with E-state index < -0.39 is 0 Å². The minimum Gasteiger partial charge on any atom is -0.315 e. The number of hydrogen-bond donors (Lipinski definition) is 1. The molecule has 1 nitrogen and oxygen atoms in total. The van der Waals surface area contributed by atoms with Gasteiger partial charge in [0.1, 0.15) is 0 Å². The fourth-order valence-corrected chi connectivity index (χ4v) is 4.81. The van der Waals surface area contributed by atoms with E-state index in [1.807, 2.05) is 0 Å². The molecule has 2 aliphatic carbocycles. The summed E-state index contributed by atoms with van der Waals surface area (Å²) in [5.41, 5.74) is 2.04. The monoisotopic (exact) mass is 241 g/mol. The van der Waals surface area contributed by atoms with E-state index >= 15 is 0 Å². The molecular formula is C17H23N. The predicted molar refractivity (Wildman–Crippen MR) is 74.5 cm³/mol. The average molecular weight is 241 g/mol. The van der Waals surface area contributed by atoms with Crippen LogP contribution in [0.2, 0.25) is 0 Å². The molecule has 3 atom stereocenters. The van der Waals surface area contributed by atoms with Crippen molar-refractivity contribution in [3.05, 3.63) is 35.9 Å². The molecule has 3 unspecified atom stereocenters. The van der Waals surface area contributed by atoms with Crippen LogP contribution in [0.5, 0.6) is 0 Å². The van der Waals surface area contributed by atoms with Gasteiger partial charge in [-0.05, 0) is 49.0 Å². The SMILES string of the molecule is c1ccc(C2(CC3CC4CCC3C4)CNC2)cc1. The van der Waals surface area contributed by atoms with Crippen LogP contribution in [0.1, 0.15) is 37.7 Å². The maximum absolute atomic E-state index is 3.52. The lowest BCUT2D eigenvalue weighted by molar-refractivity contribution is 0.180. The van der Waals surface area contributed by atoms with Crippen molar-refractivity contribution in [1.29, 1.82) is 0 Å². The van der Waals surface area contributed by atoms with E-state index in [1.165, 1.54) is 38.8 Å². The second-order valence-corrected chi connectivity index (χ2v) is 6.89. The van der Waals surface area contributed by atoms with E-state index in [-0.39, 0.29) is 0 Å². The minimum absolute atomic E-state index is 0.469. The van der Waals surface area contributed by atoms with E-state index in [4.69, 9.17) is 0 Å². The van der Waals surface area contributed by atoms with Gasteiger partial charge in [-0.3, -0.25) is 0 Å². The van der Waals surface area contributed by atoms with Crippen LogP contribution in [-0.4, -0.2) is 13.1 Å². The Hall–Kier alpha value is -0.820. The van der Waals surface area contributed by atoms with Crippen LogP contribution in [0, 0.1) is 17.8 Å². The molecule has 3 aliphatic rings. The van der Waals surface area contributed by atoms with Gasteiger partial charge in [-0.2, -0.15) is 0 Å². The van der Waals surface area contributed by atoms with Gasteiger partial charge in [0, 0.05) is 18.5 Å². The molecule has 0 amide bonds. The van der Waals surface area contributed by atoms with Crippen LogP contribution in [0.15, 0.2) is 30.3 Å². The third kappa shape index (κ3) is 1.64.